The van der Waals surface area contributed by atoms with Gasteiger partial charge in [-0.25, -0.2) is 8.78 Å². The van der Waals surface area contributed by atoms with Gasteiger partial charge in [0.05, 0.1) is 31.8 Å². The first-order chi connectivity index (χ1) is 12.6. The lowest BCUT2D eigenvalue weighted by molar-refractivity contribution is -0.157. The van der Waals surface area contributed by atoms with Crippen molar-refractivity contribution in [2.75, 3.05) is 6.61 Å². The van der Waals surface area contributed by atoms with Crippen molar-refractivity contribution in [2.45, 2.75) is 31.3 Å². The Kier molecular flexibility index (Phi) is 6.14. The molecule has 138 valence electrons. The third kappa shape index (κ3) is 4.55. The molecular formula is C21H22F2O3. The second kappa shape index (κ2) is 8.54. The van der Waals surface area contributed by atoms with E-state index in [9.17, 15) is 13.9 Å². The van der Waals surface area contributed by atoms with E-state index in [1.807, 2.05) is 60.7 Å². The van der Waals surface area contributed by atoms with Crippen LogP contribution < -0.4 is 0 Å². The quantitative estimate of drug-likeness (QED) is 0.724. The Hall–Kier alpha value is -2.08. The molecule has 1 aliphatic rings. The molecular weight excluding hydrogens is 338 g/mol. The summed E-state index contributed by atoms with van der Waals surface area (Å²) in [5.41, 5.74) is 1.86. The average Bonchev–Trinajstić information content (AvgIpc) is 2.93. The van der Waals surface area contributed by atoms with E-state index >= 15 is 0 Å². The molecule has 5 heteroatoms. The second-order valence-electron chi connectivity index (χ2n) is 6.37. The van der Waals surface area contributed by atoms with Crippen molar-refractivity contribution in [1.29, 1.82) is 0 Å². The number of hydrogen-bond donors (Lipinski definition) is 1. The maximum Gasteiger partial charge on any atom is 0.285 e. The zero-order valence-electron chi connectivity index (χ0n) is 14.3. The van der Waals surface area contributed by atoms with Crippen LogP contribution in [0, 0.1) is 5.92 Å². The lowest BCUT2D eigenvalue weighted by atomic mass is 9.97. The molecule has 3 atom stereocenters. The number of aliphatic hydroxyl groups is 1. The highest BCUT2D eigenvalue weighted by Gasteiger charge is 2.51. The normalized spacial score (nSPS) is 22.4. The molecule has 1 aliphatic carbocycles. The fourth-order valence-electron chi connectivity index (χ4n) is 2.95. The molecule has 0 spiro atoms. The van der Waals surface area contributed by atoms with Crippen molar-refractivity contribution >= 4 is 0 Å². The third-order valence-electron chi connectivity index (χ3n) is 4.44. The highest BCUT2D eigenvalue weighted by Crippen LogP contribution is 2.39. The van der Waals surface area contributed by atoms with Crippen LogP contribution in [0.15, 0.2) is 72.8 Å². The predicted octanol–water partition coefficient (Wildman–Crippen LogP) is 3.97. The minimum Gasteiger partial charge on any atom is -0.383 e. The second-order valence-corrected chi connectivity index (χ2v) is 6.37. The van der Waals surface area contributed by atoms with E-state index in [0.29, 0.717) is 6.61 Å². The van der Waals surface area contributed by atoms with E-state index in [2.05, 4.69) is 0 Å². The zero-order valence-corrected chi connectivity index (χ0v) is 14.3. The van der Waals surface area contributed by atoms with Gasteiger partial charge in [-0.2, -0.15) is 0 Å². The summed E-state index contributed by atoms with van der Waals surface area (Å²) in [5, 5.41) is 9.53. The van der Waals surface area contributed by atoms with Gasteiger partial charge in [0, 0.05) is 0 Å². The Balaban J connectivity index is 1.64. The number of aliphatic hydroxyl groups excluding tert-OH is 1. The van der Waals surface area contributed by atoms with Crippen LogP contribution in [0.4, 0.5) is 8.78 Å². The molecule has 0 aromatic heterocycles. The zero-order chi connectivity index (χ0) is 18.4. The number of benzene rings is 2. The molecule has 0 radical (unpaired) electrons. The van der Waals surface area contributed by atoms with Crippen molar-refractivity contribution in [2.24, 2.45) is 5.92 Å². The summed E-state index contributed by atoms with van der Waals surface area (Å²) in [4.78, 5) is 0. The van der Waals surface area contributed by atoms with Gasteiger partial charge >= 0.3 is 0 Å². The smallest absolute Gasteiger partial charge is 0.285 e. The van der Waals surface area contributed by atoms with E-state index in [1.54, 1.807) is 0 Å². The molecule has 26 heavy (non-hydrogen) atoms. The van der Waals surface area contributed by atoms with Crippen LogP contribution in [0.1, 0.15) is 11.1 Å². The van der Waals surface area contributed by atoms with Crippen LogP contribution in [0.2, 0.25) is 0 Å². The Labute approximate surface area is 151 Å². The van der Waals surface area contributed by atoms with Crippen LogP contribution in [-0.4, -0.2) is 29.8 Å². The van der Waals surface area contributed by atoms with Crippen molar-refractivity contribution in [3.63, 3.8) is 0 Å². The standard InChI is InChI=1S/C21H22F2O3/c22-21(23)18(11-12-20(21)24)19(26-14-17-9-5-2-6-10-17)15-25-13-16-7-3-1-4-8-16/h1-12,18-20,24H,13-15H2/t18-,19-,20?/m1/s1. The Morgan fingerprint density at radius 1 is 0.885 bits per heavy atom. The Morgan fingerprint density at radius 2 is 1.46 bits per heavy atom. The van der Waals surface area contributed by atoms with E-state index in [0.717, 1.165) is 17.2 Å². The number of rotatable bonds is 8. The SMILES string of the molecule is OC1C=C[C@H]([C@@H](COCc2ccccc2)OCc2ccccc2)C1(F)F. The van der Waals surface area contributed by atoms with Crippen LogP contribution in [0.3, 0.4) is 0 Å². The fourth-order valence-corrected chi connectivity index (χ4v) is 2.95. The lowest BCUT2D eigenvalue weighted by Crippen LogP contribution is -2.43. The summed E-state index contributed by atoms with van der Waals surface area (Å²) >= 11 is 0. The van der Waals surface area contributed by atoms with Crippen molar-refractivity contribution in [3.05, 3.63) is 83.9 Å². The highest BCUT2D eigenvalue weighted by atomic mass is 19.3. The maximum atomic E-state index is 14.3. The van der Waals surface area contributed by atoms with Crippen LogP contribution in [0.25, 0.3) is 0 Å². The summed E-state index contributed by atoms with van der Waals surface area (Å²) in [5.74, 6) is -4.49. The summed E-state index contributed by atoms with van der Waals surface area (Å²) in [6.45, 7) is 0.534. The largest absolute Gasteiger partial charge is 0.383 e. The molecule has 0 amide bonds. The molecule has 1 N–H and O–H groups in total. The summed E-state index contributed by atoms with van der Waals surface area (Å²) in [6.07, 6.45) is -0.195. The predicted molar refractivity (Wildman–Crippen MR) is 94.7 cm³/mol. The monoisotopic (exact) mass is 360 g/mol. The molecule has 0 heterocycles. The van der Waals surface area contributed by atoms with Gasteiger partial charge in [0.1, 0.15) is 6.10 Å². The molecule has 3 nitrogen and oxygen atoms in total. The maximum absolute atomic E-state index is 14.3. The Morgan fingerprint density at radius 3 is 2.00 bits per heavy atom. The molecule has 0 saturated heterocycles. The van der Waals surface area contributed by atoms with E-state index in [4.69, 9.17) is 9.47 Å². The summed E-state index contributed by atoms with van der Waals surface area (Å²) in [7, 11) is 0. The van der Waals surface area contributed by atoms with E-state index in [1.165, 1.54) is 6.08 Å². The Bertz CT molecular complexity index is 704. The molecule has 2 aromatic rings. The minimum atomic E-state index is -3.27. The van der Waals surface area contributed by atoms with Gasteiger partial charge in [-0.05, 0) is 11.1 Å². The first kappa shape index (κ1) is 18.7. The number of ether oxygens (including phenoxy) is 2. The van der Waals surface area contributed by atoms with Gasteiger partial charge in [-0.1, -0.05) is 72.8 Å². The van der Waals surface area contributed by atoms with Crippen LogP contribution >= 0.6 is 0 Å². The highest BCUT2D eigenvalue weighted by molar-refractivity contribution is 5.16. The first-order valence-electron chi connectivity index (χ1n) is 8.59. The minimum absolute atomic E-state index is 0.0129. The van der Waals surface area contributed by atoms with Gasteiger partial charge in [-0.3, -0.25) is 0 Å². The fraction of sp³-hybridized carbons (Fsp3) is 0.333. The van der Waals surface area contributed by atoms with Crippen molar-refractivity contribution < 1.29 is 23.4 Å². The molecule has 0 bridgehead atoms. The van der Waals surface area contributed by atoms with Gasteiger partial charge < -0.3 is 14.6 Å². The van der Waals surface area contributed by atoms with E-state index in [-0.39, 0.29) is 13.2 Å². The molecule has 1 unspecified atom stereocenters. The molecule has 0 saturated carbocycles. The number of alkyl halides is 2. The first-order valence-corrected chi connectivity index (χ1v) is 8.59. The molecule has 3 rings (SSSR count). The van der Waals surface area contributed by atoms with Crippen molar-refractivity contribution in [1.82, 2.24) is 0 Å². The number of hydrogen-bond acceptors (Lipinski definition) is 3. The summed E-state index contributed by atoms with van der Waals surface area (Å²) < 4.78 is 40.0. The molecule has 0 aliphatic heterocycles. The van der Waals surface area contributed by atoms with Gasteiger partial charge in [0.2, 0.25) is 0 Å². The van der Waals surface area contributed by atoms with Crippen molar-refractivity contribution in [3.8, 4) is 0 Å². The molecule has 0 fully saturated rings. The van der Waals surface area contributed by atoms with Crippen LogP contribution in [-0.2, 0) is 22.7 Å². The lowest BCUT2D eigenvalue weighted by Gasteiger charge is -2.29. The van der Waals surface area contributed by atoms with Gasteiger partial charge in [0.15, 0.2) is 0 Å². The van der Waals surface area contributed by atoms with Crippen LogP contribution in [0.5, 0.6) is 0 Å². The topological polar surface area (TPSA) is 38.7 Å². The average molecular weight is 360 g/mol. The van der Waals surface area contributed by atoms with Gasteiger partial charge in [-0.15, -0.1) is 0 Å². The summed E-state index contributed by atoms with van der Waals surface area (Å²) in [6, 6.07) is 18.9. The van der Waals surface area contributed by atoms with Gasteiger partial charge in [0.25, 0.3) is 5.92 Å². The van der Waals surface area contributed by atoms with E-state index < -0.39 is 24.0 Å². The number of halogens is 2. The third-order valence-corrected chi connectivity index (χ3v) is 4.44. The molecule has 2 aromatic carbocycles.